The fraction of sp³-hybridized carbons (Fsp3) is 0.524. The smallest absolute Gasteiger partial charge is 0.225 e. The normalized spacial score (nSPS) is 13.7. The van der Waals surface area contributed by atoms with Crippen LogP contribution in [0.15, 0.2) is 18.2 Å². The van der Waals surface area contributed by atoms with Crippen LogP contribution in [-0.4, -0.2) is 36.8 Å². The van der Waals surface area contributed by atoms with E-state index < -0.39 is 0 Å². The van der Waals surface area contributed by atoms with Crippen molar-refractivity contribution in [2.24, 2.45) is 0 Å². The number of fused-ring (bicyclic) bond motifs is 1. The lowest BCUT2D eigenvalue weighted by Gasteiger charge is -2.31. The van der Waals surface area contributed by atoms with Gasteiger partial charge in [-0.3, -0.25) is 0 Å². The number of aromatic nitrogens is 2. The van der Waals surface area contributed by atoms with Crippen molar-refractivity contribution >= 4 is 11.8 Å². The van der Waals surface area contributed by atoms with Gasteiger partial charge in [0.05, 0.1) is 19.9 Å². The number of hydrogen-bond acceptors (Lipinski definition) is 6. The number of rotatable bonds is 6. The second kappa shape index (κ2) is 8.03. The molecule has 0 aliphatic carbocycles. The van der Waals surface area contributed by atoms with Crippen molar-refractivity contribution in [1.82, 2.24) is 9.97 Å². The topological polar surface area (TPSA) is 59.5 Å². The molecule has 0 radical (unpaired) electrons. The molecule has 1 aromatic carbocycles. The van der Waals surface area contributed by atoms with E-state index in [0.717, 1.165) is 42.5 Å². The molecule has 0 spiro atoms. The maximum atomic E-state index is 5.48. The molecule has 6 nitrogen and oxygen atoms in total. The molecule has 0 atom stereocenters. The van der Waals surface area contributed by atoms with Crippen LogP contribution < -0.4 is 19.7 Å². The first-order valence-corrected chi connectivity index (χ1v) is 9.55. The van der Waals surface area contributed by atoms with Crippen LogP contribution >= 0.6 is 0 Å². The lowest BCUT2D eigenvalue weighted by atomic mass is 9.98. The second-order valence-electron chi connectivity index (χ2n) is 7.58. The highest BCUT2D eigenvalue weighted by Gasteiger charge is 2.22. The van der Waals surface area contributed by atoms with Gasteiger partial charge in [0.1, 0.15) is 5.82 Å². The number of nitrogens with one attached hydrogen (secondary N) is 1. The van der Waals surface area contributed by atoms with E-state index >= 15 is 0 Å². The first-order valence-electron chi connectivity index (χ1n) is 9.55. The van der Waals surface area contributed by atoms with Gasteiger partial charge in [-0.25, -0.2) is 4.98 Å². The minimum atomic E-state index is 0.291. The van der Waals surface area contributed by atoms with E-state index in [-0.39, 0.29) is 0 Å². The quantitative estimate of drug-likeness (QED) is 0.829. The largest absolute Gasteiger partial charge is 0.493 e. The molecule has 146 valence electrons. The summed E-state index contributed by atoms with van der Waals surface area (Å²) in [6.07, 6.45) is 0.948. The molecule has 1 N–H and O–H groups in total. The van der Waals surface area contributed by atoms with E-state index in [9.17, 15) is 0 Å². The molecule has 1 aliphatic heterocycles. The highest BCUT2D eigenvalue weighted by atomic mass is 16.5. The maximum absolute atomic E-state index is 5.48. The number of ether oxygens (including phenoxy) is 2. The summed E-state index contributed by atoms with van der Waals surface area (Å²) in [5.41, 5.74) is 3.62. The van der Waals surface area contributed by atoms with E-state index in [1.165, 1.54) is 11.1 Å². The van der Waals surface area contributed by atoms with Gasteiger partial charge in [0.2, 0.25) is 5.95 Å². The minimum Gasteiger partial charge on any atom is -0.493 e. The van der Waals surface area contributed by atoms with Crippen molar-refractivity contribution in [2.75, 3.05) is 31.0 Å². The lowest BCUT2D eigenvalue weighted by Crippen LogP contribution is -2.31. The van der Waals surface area contributed by atoms with Crippen molar-refractivity contribution in [1.29, 1.82) is 0 Å². The highest BCUT2D eigenvalue weighted by molar-refractivity contribution is 5.53. The second-order valence-corrected chi connectivity index (χ2v) is 7.58. The Labute approximate surface area is 161 Å². The van der Waals surface area contributed by atoms with Crippen LogP contribution in [0.2, 0.25) is 0 Å². The Kier molecular flexibility index (Phi) is 5.73. The molecule has 0 bridgehead atoms. The standard InChI is InChI=1S/C21H30N4O2/c1-13(2)17-11-20(24-21(23-17)22-14(3)4)25-8-7-15-9-18(26-5)19(27-6)10-16(15)12-25/h9-11,13-14H,7-8,12H2,1-6H3,(H,22,23,24). The summed E-state index contributed by atoms with van der Waals surface area (Å²) >= 11 is 0. The molecule has 0 saturated heterocycles. The lowest BCUT2D eigenvalue weighted by molar-refractivity contribution is 0.353. The van der Waals surface area contributed by atoms with Crippen LogP contribution in [0, 0.1) is 0 Å². The van der Waals surface area contributed by atoms with Gasteiger partial charge in [0.25, 0.3) is 0 Å². The molecule has 1 aliphatic rings. The minimum absolute atomic E-state index is 0.291. The van der Waals surface area contributed by atoms with Crippen molar-refractivity contribution < 1.29 is 9.47 Å². The Bertz CT molecular complexity index is 805. The molecule has 0 unspecified atom stereocenters. The third-order valence-electron chi connectivity index (χ3n) is 4.78. The van der Waals surface area contributed by atoms with Crippen LogP contribution in [0.4, 0.5) is 11.8 Å². The van der Waals surface area contributed by atoms with Crippen LogP contribution in [0.1, 0.15) is 50.4 Å². The monoisotopic (exact) mass is 370 g/mol. The van der Waals surface area contributed by atoms with Gasteiger partial charge in [0, 0.05) is 25.2 Å². The number of hydrogen-bond donors (Lipinski definition) is 1. The van der Waals surface area contributed by atoms with Crippen molar-refractivity contribution in [2.45, 2.75) is 52.6 Å². The maximum Gasteiger partial charge on any atom is 0.225 e. The summed E-state index contributed by atoms with van der Waals surface area (Å²) in [6.45, 7) is 10.2. The van der Waals surface area contributed by atoms with Crippen LogP contribution in [0.3, 0.4) is 0 Å². The fourth-order valence-electron chi connectivity index (χ4n) is 3.31. The van der Waals surface area contributed by atoms with E-state index in [4.69, 9.17) is 14.5 Å². The van der Waals surface area contributed by atoms with Crippen LogP contribution in [0.25, 0.3) is 0 Å². The molecule has 3 rings (SSSR count). The molecule has 0 amide bonds. The van der Waals surface area contributed by atoms with Gasteiger partial charge in [0.15, 0.2) is 11.5 Å². The van der Waals surface area contributed by atoms with Crippen LogP contribution in [-0.2, 0) is 13.0 Å². The van der Waals surface area contributed by atoms with Gasteiger partial charge in [-0.05, 0) is 49.4 Å². The van der Waals surface area contributed by atoms with Crippen molar-refractivity contribution in [3.63, 3.8) is 0 Å². The van der Waals surface area contributed by atoms with Gasteiger partial charge in [-0.2, -0.15) is 4.98 Å². The Morgan fingerprint density at radius 2 is 1.63 bits per heavy atom. The van der Waals surface area contributed by atoms with E-state index in [1.54, 1.807) is 14.2 Å². The van der Waals surface area contributed by atoms with Gasteiger partial charge < -0.3 is 19.7 Å². The molecule has 1 aromatic heterocycles. The van der Waals surface area contributed by atoms with Gasteiger partial charge in [-0.1, -0.05) is 13.8 Å². The molecule has 2 aromatic rings. The van der Waals surface area contributed by atoms with E-state index in [0.29, 0.717) is 17.9 Å². The van der Waals surface area contributed by atoms with E-state index in [1.807, 2.05) is 0 Å². The third-order valence-corrected chi connectivity index (χ3v) is 4.78. The predicted octanol–water partition coefficient (Wildman–Crippen LogP) is 4.00. The summed E-state index contributed by atoms with van der Waals surface area (Å²) in [5.74, 6) is 3.57. The van der Waals surface area contributed by atoms with Crippen molar-refractivity contribution in [3.8, 4) is 11.5 Å². The fourth-order valence-corrected chi connectivity index (χ4v) is 3.31. The summed E-state index contributed by atoms with van der Waals surface area (Å²) in [4.78, 5) is 11.8. The summed E-state index contributed by atoms with van der Waals surface area (Å²) < 4.78 is 10.9. The third kappa shape index (κ3) is 4.26. The highest BCUT2D eigenvalue weighted by Crippen LogP contribution is 2.34. The average Bonchev–Trinajstić information content (AvgIpc) is 2.65. The van der Waals surface area contributed by atoms with Gasteiger partial charge in [-0.15, -0.1) is 0 Å². The molecule has 0 saturated carbocycles. The first kappa shape index (κ1) is 19.3. The Hall–Kier alpha value is -2.50. The summed E-state index contributed by atoms with van der Waals surface area (Å²) in [6, 6.07) is 6.58. The van der Waals surface area contributed by atoms with Crippen LogP contribution in [0.5, 0.6) is 11.5 Å². The number of methoxy groups -OCH3 is 2. The summed E-state index contributed by atoms with van der Waals surface area (Å²) in [7, 11) is 3.35. The molecule has 6 heteroatoms. The molecular weight excluding hydrogens is 340 g/mol. The number of benzene rings is 1. The Morgan fingerprint density at radius 1 is 0.963 bits per heavy atom. The zero-order valence-electron chi connectivity index (χ0n) is 17.2. The predicted molar refractivity (Wildman–Crippen MR) is 109 cm³/mol. The Morgan fingerprint density at radius 3 is 2.22 bits per heavy atom. The summed E-state index contributed by atoms with van der Waals surface area (Å²) in [5, 5.41) is 3.35. The molecule has 2 heterocycles. The van der Waals surface area contributed by atoms with Crippen molar-refractivity contribution in [3.05, 3.63) is 35.0 Å². The SMILES string of the molecule is COc1cc2c(cc1OC)CN(c1cc(C(C)C)nc(NC(C)C)n1)CC2. The van der Waals surface area contributed by atoms with E-state index in [2.05, 4.69) is 61.1 Å². The zero-order chi connectivity index (χ0) is 19.6. The molecule has 0 fully saturated rings. The molecular formula is C21H30N4O2. The zero-order valence-corrected chi connectivity index (χ0v) is 17.2. The average molecular weight is 370 g/mol. The molecule has 27 heavy (non-hydrogen) atoms. The first-order chi connectivity index (χ1) is 12.9. The number of anilines is 2. The van der Waals surface area contributed by atoms with Gasteiger partial charge >= 0.3 is 0 Å². The Balaban J connectivity index is 1.93. The number of nitrogens with zero attached hydrogens (tertiary/aromatic N) is 3.